The first-order valence-corrected chi connectivity index (χ1v) is 10.8. The smallest absolute Gasteiger partial charge is 0.307 e. The van der Waals surface area contributed by atoms with Gasteiger partial charge in [0, 0.05) is 11.8 Å². The van der Waals surface area contributed by atoms with Gasteiger partial charge in [-0.25, -0.2) is 0 Å². The van der Waals surface area contributed by atoms with Gasteiger partial charge in [0.1, 0.15) is 6.10 Å². The van der Waals surface area contributed by atoms with Gasteiger partial charge in [0.25, 0.3) is 0 Å². The van der Waals surface area contributed by atoms with E-state index in [1.54, 1.807) is 0 Å². The van der Waals surface area contributed by atoms with Crippen molar-refractivity contribution < 1.29 is 14.6 Å². The fraction of sp³-hybridized carbons (Fsp3) is 0.370. The van der Waals surface area contributed by atoms with Gasteiger partial charge in [-0.15, -0.1) is 0 Å². The molecule has 3 rings (SSSR count). The van der Waals surface area contributed by atoms with Crippen molar-refractivity contribution >= 4 is 5.97 Å². The molecule has 1 aliphatic rings. The van der Waals surface area contributed by atoms with E-state index in [0.29, 0.717) is 12.3 Å². The number of aliphatic carboxylic acids is 1. The lowest BCUT2D eigenvalue weighted by molar-refractivity contribution is -0.139. The molecule has 0 bridgehead atoms. The minimum Gasteiger partial charge on any atom is -0.494 e. The van der Waals surface area contributed by atoms with Crippen molar-refractivity contribution in [3.8, 4) is 0 Å². The number of hydrogen-bond acceptors (Lipinski definition) is 2. The monoisotopic (exact) mass is 404 g/mol. The third kappa shape index (κ3) is 5.63. The topological polar surface area (TPSA) is 46.5 Å². The summed E-state index contributed by atoms with van der Waals surface area (Å²) in [4.78, 5) is 11.5. The second-order valence-corrected chi connectivity index (χ2v) is 8.64. The van der Waals surface area contributed by atoms with Crippen molar-refractivity contribution in [1.29, 1.82) is 0 Å². The predicted octanol–water partition coefficient (Wildman–Crippen LogP) is 6.50. The summed E-state index contributed by atoms with van der Waals surface area (Å²) in [5.41, 5.74) is 3.42. The quantitative estimate of drug-likeness (QED) is 0.519. The molecule has 3 heteroatoms. The Morgan fingerprint density at radius 2 is 1.67 bits per heavy atom. The van der Waals surface area contributed by atoms with Crippen LogP contribution in [0.25, 0.3) is 0 Å². The lowest BCUT2D eigenvalue weighted by atomic mass is 9.72. The maximum absolute atomic E-state index is 11.5. The molecule has 158 valence electrons. The molecular formula is C27H32O3. The molecular weight excluding hydrogens is 372 g/mol. The Kier molecular flexibility index (Phi) is 7.15. The Bertz CT molecular complexity index is 857. The molecule has 2 aromatic rings. The Morgan fingerprint density at radius 1 is 1.10 bits per heavy atom. The van der Waals surface area contributed by atoms with Crippen LogP contribution in [-0.2, 0) is 14.9 Å². The van der Waals surface area contributed by atoms with Crippen LogP contribution < -0.4 is 0 Å². The average Bonchev–Trinajstić information content (AvgIpc) is 2.72. The van der Waals surface area contributed by atoms with Crippen LogP contribution in [0.4, 0.5) is 0 Å². The van der Waals surface area contributed by atoms with Crippen molar-refractivity contribution in [2.75, 3.05) is 0 Å². The van der Waals surface area contributed by atoms with Crippen molar-refractivity contribution in [2.24, 2.45) is 5.92 Å². The Balaban J connectivity index is 1.82. The summed E-state index contributed by atoms with van der Waals surface area (Å²) in [6.45, 7) is 6.46. The molecule has 0 radical (unpaired) electrons. The van der Waals surface area contributed by atoms with Crippen LogP contribution in [0.3, 0.4) is 0 Å². The third-order valence-corrected chi connectivity index (χ3v) is 5.97. The second-order valence-electron chi connectivity index (χ2n) is 8.64. The lowest BCUT2D eigenvalue weighted by Gasteiger charge is -2.33. The number of rotatable bonds is 9. The molecule has 0 heterocycles. The molecule has 0 saturated carbocycles. The summed E-state index contributed by atoms with van der Waals surface area (Å²) < 4.78 is 6.25. The summed E-state index contributed by atoms with van der Waals surface area (Å²) in [6.07, 6.45) is 6.22. The molecule has 0 saturated heterocycles. The minimum absolute atomic E-state index is 0.00808. The zero-order valence-corrected chi connectivity index (χ0v) is 18.2. The number of carboxylic acids is 1. The van der Waals surface area contributed by atoms with E-state index in [4.69, 9.17) is 4.74 Å². The summed E-state index contributed by atoms with van der Waals surface area (Å²) >= 11 is 0. The van der Waals surface area contributed by atoms with Crippen LogP contribution in [0.2, 0.25) is 0 Å². The summed E-state index contributed by atoms with van der Waals surface area (Å²) in [5, 5.41) is 9.47. The molecule has 1 aliphatic carbocycles. The highest BCUT2D eigenvalue weighted by molar-refractivity contribution is 5.67. The molecule has 2 unspecified atom stereocenters. The third-order valence-electron chi connectivity index (χ3n) is 5.97. The van der Waals surface area contributed by atoms with Crippen LogP contribution in [0.15, 0.2) is 84.1 Å². The number of allylic oxidation sites excluding steroid dienone is 4. The normalized spacial score (nSPS) is 17.6. The maximum atomic E-state index is 11.5. The highest BCUT2D eigenvalue weighted by Gasteiger charge is 2.31. The van der Waals surface area contributed by atoms with Gasteiger partial charge in [0.2, 0.25) is 0 Å². The molecule has 30 heavy (non-hydrogen) atoms. The highest BCUT2D eigenvalue weighted by Crippen LogP contribution is 2.37. The van der Waals surface area contributed by atoms with E-state index in [9.17, 15) is 9.90 Å². The standard InChI is InChI=1S/C27H32O3/c1-20-16-21(2)18-25(17-20)30-24(19-26(28)29)14-15-27(3,22-10-6-4-7-11-22)23-12-8-5-9-13-23/h4-13,16-17,21,24H,14-15,18-19H2,1-3H3,(H,28,29). The van der Waals surface area contributed by atoms with E-state index in [1.165, 1.54) is 16.7 Å². The van der Waals surface area contributed by atoms with Crippen LogP contribution >= 0.6 is 0 Å². The minimum atomic E-state index is -0.821. The van der Waals surface area contributed by atoms with Gasteiger partial charge in [-0.2, -0.15) is 0 Å². The van der Waals surface area contributed by atoms with Gasteiger partial charge in [-0.3, -0.25) is 4.79 Å². The largest absolute Gasteiger partial charge is 0.494 e. The molecule has 0 fully saturated rings. The number of carboxylic acid groups (broad SMARTS) is 1. The molecule has 0 spiro atoms. The second kappa shape index (κ2) is 9.80. The summed E-state index contributed by atoms with van der Waals surface area (Å²) in [6, 6.07) is 20.9. The molecule has 2 atom stereocenters. The Labute approximate surface area is 180 Å². The van der Waals surface area contributed by atoms with Crippen LogP contribution in [0.5, 0.6) is 0 Å². The number of hydrogen-bond donors (Lipinski definition) is 1. The molecule has 3 nitrogen and oxygen atoms in total. The first-order chi connectivity index (χ1) is 14.4. The average molecular weight is 405 g/mol. The molecule has 0 aromatic heterocycles. The van der Waals surface area contributed by atoms with Gasteiger partial charge in [0.15, 0.2) is 0 Å². The van der Waals surface area contributed by atoms with Gasteiger partial charge in [-0.1, -0.05) is 86.2 Å². The fourth-order valence-electron chi connectivity index (χ4n) is 4.40. The van der Waals surface area contributed by atoms with E-state index in [0.717, 1.165) is 18.6 Å². The van der Waals surface area contributed by atoms with E-state index in [1.807, 2.05) is 18.2 Å². The number of benzene rings is 2. The Morgan fingerprint density at radius 3 is 2.17 bits per heavy atom. The van der Waals surface area contributed by atoms with Crippen LogP contribution in [-0.4, -0.2) is 17.2 Å². The van der Waals surface area contributed by atoms with E-state index < -0.39 is 5.97 Å². The first-order valence-electron chi connectivity index (χ1n) is 10.8. The van der Waals surface area contributed by atoms with Crippen molar-refractivity contribution in [1.82, 2.24) is 0 Å². The number of ether oxygens (including phenoxy) is 1. The molecule has 1 N–H and O–H groups in total. The lowest BCUT2D eigenvalue weighted by Crippen LogP contribution is -2.27. The van der Waals surface area contributed by atoms with Crippen molar-refractivity contribution in [3.63, 3.8) is 0 Å². The van der Waals surface area contributed by atoms with Crippen molar-refractivity contribution in [3.05, 3.63) is 95.3 Å². The van der Waals surface area contributed by atoms with E-state index in [2.05, 4.69) is 75.4 Å². The van der Waals surface area contributed by atoms with Gasteiger partial charge in [-0.05, 0) is 42.9 Å². The van der Waals surface area contributed by atoms with Crippen LogP contribution in [0.1, 0.15) is 57.6 Å². The van der Waals surface area contributed by atoms with Crippen molar-refractivity contribution in [2.45, 2.75) is 58.0 Å². The zero-order valence-electron chi connectivity index (χ0n) is 18.2. The molecule has 0 aliphatic heterocycles. The van der Waals surface area contributed by atoms with Crippen LogP contribution in [0, 0.1) is 5.92 Å². The molecule has 0 amide bonds. The SMILES string of the molecule is CC1=CC(C)CC(OC(CCC(C)(c2ccccc2)c2ccccc2)CC(=O)O)=C1. The first kappa shape index (κ1) is 21.9. The summed E-state index contributed by atoms with van der Waals surface area (Å²) in [7, 11) is 0. The fourth-order valence-corrected chi connectivity index (χ4v) is 4.40. The zero-order chi connectivity index (χ0) is 21.6. The predicted molar refractivity (Wildman–Crippen MR) is 121 cm³/mol. The van der Waals surface area contributed by atoms with Gasteiger partial charge in [0.05, 0.1) is 12.2 Å². The Hall–Kier alpha value is -2.81. The van der Waals surface area contributed by atoms with E-state index in [-0.39, 0.29) is 17.9 Å². The maximum Gasteiger partial charge on any atom is 0.307 e. The summed E-state index contributed by atoms with van der Waals surface area (Å²) in [5.74, 6) is 0.488. The van der Waals surface area contributed by atoms with E-state index >= 15 is 0 Å². The number of carbonyl (C=O) groups is 1. The van der Waals surface area contributed by atoms with Gasteiger partial charge < -0.3 is 9.84 Å². The highest BCUT2D eigenvalue weighted by atomic mass is 16.5. The molecule has 2 aromatic carbocycles. The van der Waals surface area contributed by atoms with Gasteiger partial charge >= 0.3 is 5.97 Å².